The molecule has 28 heavy (non-hydrogen) atoms. The molecule has 4 rings (SSSR count). The molecule has 0 aromatic heterocycles. The van der Waals surface area contributed by atoms with Crippen LogP contribution in [-0.2, 0) is 14.4 Å². The van der Waals surface area contributed by atoms with Crippen LogP contribution >= 0.6 is 23.2 Å². The third kappa shape index (κ3) is 3.12. The van der Waals surface area contributed by atoms with Gasteiger partial charge in [0, 0.05) is 28.7 Å². The Bertz CT molecular complexity index is 983. The van der Waals surface area contributed by atoms with E-state index in [0.717, 1.165) is 0 Å². The van der Waals surface area contributed by atoms with Crippen LogP contribution in [0.15, 0.2) is 42.5 Å². The number of benzene rings is 2. The van der Waals surface area contributed by atoms with E-state index in [1.54, 1.807) is 24.3 Å². The van der Waals surface area contributed by atoms with E-state index in [-0.39, 0.29) is 30.0 Å². The first kappa shape index (κ1) is 18.5. The van der Waals surface area contributed by atoms with Gasteiger partial charge in [-0.25, -0.2) is 4.79 Å². The van der Waals surface area contributed by atoms with Crippen molar-refractivity contribution in [1.29, 1.82) is 0 Å². The van der Waals surface area contributed by atoms with E-state index in [1.807, 2.05) is 0 Å². The van der Waals surface area contributed by atoms with Crippen molar-refractivity contribution < 1.29 is 24.0 Å². The first-order valence-electron chi connectivity index (χ1n) is 8.31. The van der Waals surface area contributed by atoms with Crippen LogP contribution in [0.4, 0.5) is 5.69 Å². The Labute approximate surface area is 169 Å². The van der Waals surface area contributed by atoms with Gasteiger partial charge in [0.2, 0.25) is 5.91 Å². The zero-order valence-corrected chi connectivity index (χ0v) is 15.7. The maximum atomic E-state index is 12.5. The molecular formula is C19H12Cl2N2O5. The fourth-order valence-corrected chi connectivity index (χ4v) is 3.74. The monoisotopic (exact) mass is 418 g/mol. The Morgan fingerprint density at radius 2 is 1.54 bits per heavy atom. The molecule has 1 unspecified atom stereocenters. The van der Waals surface area contributed by atoms with Gasteiger partial charge in [0.1, 0.15) is 0 Å². The molecular weight excluding hydrogens is 407 g/mol. The number of imide groups is 1. The molecule has 1 atom stereocenters. The molecule has 2 aromatic rings. The van der Waals surface area contributed by atoms with Gasteiger partial charge in [-0.2, -0.15) is 0 Å². The molecule has 0 N–H and O–H groups in total. The summed E-state index contributed by atoms with van der Waals surface area (Å²) in [6.07, 6.45) is -0.119. The summed E-state index contributed by atoms with van der Waals surface area (Å²) in [5.41, 5.74) is 0.787. The Kier molecular flexibility index (Phi) is 4.56. The minimum Gasteiger partial charge on any atom is -0.329 e. The van der Waals surface area contributed by atoms with Gasteiger partial charge in [-0.15, -0.1) is 0 Å². The molecule has 0 aliphatic carbocycles. The molecule has 2 aliphatic heterocycles. The van der Waals surface area contributed by atoms with Crippen LogP contribution in [0, 0.1) is 5.92 Å². The number of anilines is 1. The summed E-state index contributed by atoms with van der Waals surface area (Å²) in [5, 5.41) is 1.15. The van der Waals surface area contributed by atoms with Crippen molar-refractivity contribution in [3.63, 3.8) is 0 Å². The van der Waals surface area contributed by atoms with Crippen molar-refractivity contribution in [2.24, 2.45) is 5.92 Å². The topological polar surface area (TPSA) is 84.0 Å². The van der Waals surface area contributed by atoms with E-state index < -0.39 is 23.7 Å². The van der Waals surface area contributed by atoms with Gasteiger partial charge < -0.3 is 9.74 Å². The Morgan fingerprint density at radius 1 is 0.964 bits per heavy atom. The molecule has 0 spiro atoms. The predicted octanol–water partition coefficient (Wildman–Crippen LogP) is 3.10. The molecule has 2 aliphatic rings. The summed E-state index contributed by atoms with van der Waals surface area (Å²) < 4.78 is 0. The van der Waals surface area contributed by atoms with Crippen LogP contribution in [-0.4, -0.2) is 35.3 Å². The Hall–Kier alpha value is -2.90. The molecule has 0 bridgehead atoms. The highest BCUT2D eigenvalue weighted by atomic mass is 35.5. The number of halogens is 2. The minimum atomic E-state index is -0.838. The molecule has 0 radical (unpaired) electrons. The molecule has 1 fully saturated rings. The fraction of sp³-hybridized carbons (Fsp3) is 0.158. The van der Waals surface area contributed by atoms with E-state index >= 15 is 0 Å². The summed E-state index contributed by atoms with van der Waals surface area (Å²) in [6, 6.07) is 10.8. The number of hydrogen-bond acceptors (Lipinski definition) is 5. The van der Waals surface area contributed by atoms with Crippen molar-refractivity contribution >= 4 is 52.6 Å². The van der Waals surface area contributed by atoms with Crippen LogP contribution in [0.3, 0.4) is 0 Å². The van der Waals surface area contributed by atoms with Crippen molar-refractivity contribution in [1.82, 2.24) is 5.06 Å². The first-order chi connectivity index (χ1) is 13.3. The first-order valence-corrected chi connectivity index (χ1v) is 9.07. The second-order valence-electron chi connectivity index (χ2n) is 6.39. The lowest BCUT2D eigenvalue weighted by Crippen LogP contribution is -2.36. The van der Waals surface area contributed by atoms with E-state index in [1.165, 1.54) is 23.1 Å². The smallest absolute Gasteiger partial charge is 0.329 e. The standard InChI is InChI=1S/C19H12Cl2N2O5/c20-11-6-12(21)8-13(7-11)22-9-10(5-16(22)24)19(27)28-23-17(25)14-3-1-2-4-15(14)18(23)26/h1-4,6-8,10H,5,9H2. The molecule has 9 heteroatoms. The van der Waals surface area contributed by atoms with Gasteiger partial charge in [-0.3, -0.25) is 14.4 Å². The average molecular weight is 419 g/mol. The number of carbonyl (C=O) groups excluding carboxylic acids is 4. The van der Waals surface area contributed by atoms with Gasteiger partial charge >= 0.3 is 5.97 Å². The van der Waals surface area contributed by atoms with Crippen molar-refractivity contribution in [2.45, 2.75) is 6.42 Å². The largest absolute Gasteiger partial charge is 0.338 e. The highest BCUT2D eigenvalue weighted by Gasteiger charge is 2.42. The van der Waals surface area contributed by atoms with Gasteiger partial charge in [0.05, 0.1) is 17.0 Å². The lowest BCUT2D eigenvalue weighted by Gasteiger charge is -2.18. The number of hydroxylamine groups is 2. The van der Waals surface area contributed by atoms with Crippen LogP contribution in [0.2, 0.25) is 10.0 Å². The highest BCUT2D eigenvalue weighted by molar-refractivity contribution is 6.35. The van der Waals surface area contributed by atoms with Gasteiger partial charge in [-0.05, 0) is 30.3 Å². The molecule has 3 amide bonds. The quantitative estimate of drug-likeness (QED) is 0.714. The lowest BCUT2D eigenvalue weighted by atomic mass is 10.1. The number of nitrogens with zero attached hydrogens (tertiary/aromatic N) is 2. The highest BCUT2D eigenvalue weighted by Crippen LogP contribution is 2.31. The maximum Gasteiger partial charge on any atom is 0.338 e. The zero-order chi connectivity index (χ0) is 20.0. The second kappa shape index (κ2) is 6.92. The van der Waals surface area contributed by atoms with Gasteiger partial charge in [-0.1, -0.05) is 40.4 Å². The second-order valence-corrected chi connectivity index (χ2v) is 7.27. The number of fused-ring (bicyclic) bond motifs is 1. The minimum absolute atomic E-state index is 0.0253. The fourth-order valence-electron chi connectivity index (χ4n) is 3.22. The predicted molar refractivity (Wildman–Crippen MR) is 100.0 cm³/mol. The van der Waals surface area contributed by atoms with Gasteiger partial charge in [0.15, 0.2) is 0 Å². The van der Waals surface area contributed by atoms with Crippen molar-refractivity contribution in [3.05, 3.63) is 63.6 Å². The van der Waals surface area contributed by atoms with Crippen LogP contribution in [0.1, 0.15) is 27.1 Å². The van der Waals surface area contributed by atoms with Crippen LogP contribution < -0.4 is 4.90 Å². The van der Waals surface area contributed by atoms with Crippen molar-refractivity contribution in [3.8, 4) is 0 Å². The third-order valence-electron chi connectivity index (χ3n) is 4.56. The summed E-state index contributed by atoms with van der Waals surface area (Å²) in [5.74, 6) is -3.41. The number of rotatable bonds is 3. The third-order valence-corrected chi connectivity index (χ3v) is 4.99. The molecule has 0 saturated carbocycles. The SMILES string of the molecule is O=C(ON1C(=O)c2ccccc2C1=O)C1CC(=O)N(c2cc(Cl)cc(Cl)c2)C1. The van der Waals surface area contributed by atoms with Crippen LogP contribution in [0.25, 0.3) is 0 Å². The number of hydrogen-bond donors (Lipinski definition) is 0. The summed E-state index contributed by atoms with van der Waals surface area (Å²) in [4.78, 5) is 55.9. The number of amides is 3. The van der Waals surface area contributed by atoms with Crippen molar-refractivity contribution in [2.75, 3.05) is 11.4 Å². The maximum absolute atomic E-state index is 12.5. The summed E-state index contributed by atoms with van der Waals surface area (Å²) in [6.45, 7) is 0.0253. The molecule has 142 valence electrons. The zero-order valence-electron chi connectivity index (χ0n) is 14.2. The molecule has 1 saturated heterocycles. The molecule has 7 nitrogen and oxygen atoms in total. The summed E-state index contributed by atoms with van der Waals surface area (Å²) >= 11 is 11.9. The Morgan fingerprint density at radius 3 is 2.11 bits per heavy atom. The summed E-state index contributed by atoms with van der Waals surface area (Å²) in [7, 11) is 0. The van der Waals surface area contributed by atoms with Crippen LogP contribution in [0.5, 0.6) is 0 Å². The van der Waals surface area contributed by atoms with E-state index in [9.17, 15) is 19.2 Å². The molecule has 2 heterocycles. The molecule has 2 aromatic carbocycles. The number of carbonyl (C=O) groups is 4. The lowest BCUT2D eigenvalue weighted by molar-refractivity contribution is -0.173. The van der Waals surface area contributed by atoms with Gasteiger partial charge in [0.25, 0.3) is 11.8 Å². The average Bonchev–Trinajstić information content (AvgIpc) is 3.15. The van der Waals surface area contributed by atoms with E-state index in [2.05, 4.69) is 0 Å². The van der Waals surface area contributed by atoms with E-state index in [4.69, 9.17) is 28.0 Å². The Balaban J connectivity index is 1.49. The van der Waals surface area contributed by atoms with E-state index in [0.29, 0.717) is 20.8 Å². The normalized spacial score (nSPS) is 18.6.